The van der Waals surface area contributed by atoms with E-state index in [1.807, 2.05) is 20.8 Å². The summed E-state index contributed by atoms with van der Waals surface area (Å²) in [5.41, 5.74) is 0.00434. The summed E-state index contributed by atoms with van der Waals surface area (Å²) in [5.74, 6) is 0.0432. The standard InChI is InChI=1S/C22H31F2N3O4/c1-21(2,3)31-20(29)26-13-10-22(11-14-26)9-4-12-27(15-22)19(28)25-16-5-7-17(8-6-16)30-18(23)24/h5-8,18H,4,9-15H2,1-3H3,(H,25,28). The predicted octanol–water partition coefficient (Wildman–Crippen LogP) is 4.93. The second-order valence-corrected chi connectivity index (χ2v) is 9.33. The van der Waals surface area contributed by atoms with Crippen molar-refractivity contribution < 1.29 is 27.8 Å². The van der Waals surface area contributed by atoms with Crippen LogP contribution in [0.3, 0.4) is 0 Å². The zero-order valence-electron chi connectivity index (χ0n) is 18.3. The molecule has 1 aromatic carbocycles. The molecule has 2 aliphatic rings. The molecule has 1 aromatic rings. The van der Waals surface area contributed by atoms with E-state index >= 15 is 0 Å². The van der Waals surface area contributed by atoms with Crippen molar-refractivity contribution in [2.24, 2.45) is 5.41 Å². The fourth-order valence-electron chi connectivity index (χ4n) is 4.20. The van der Waals surface area contributed by atoms with E-state index in [1.165, 1.54) is 24.3 Å². The molecule has 172 valence electrons. The van der Waals surface area contributed by atoms with Gasteiger partial charge in [0.15, 0.2) is 0 Å². The lowest BCUT2D eigenvalue weighted by atomic mass is 9.72. The molecule has 2 fully saturated rings. The highest BCUT2D eigenvalue weighted by Gasteiger charge is 2.41. The zero-order valence-corrected chi connectivity index (χ0v) is 18.3. The number of urea groups is 1. The van der Waals surface area contributed by atoms with Gasteiger partial charge in [-0.25, -0.2) is 9.59 Å². The van der Waals surface area contributed by atoms with E-state index in [0.717, 1.165) is 25.7 Å². The second kappa shape index (κ2) is 9.28. The number of rotatable bonds is 3. The molecule has 3 rings (SSSR count). The number of hydrogen-bond acceptors (Lipinski definition) is 4. The molecule has 9 heteroatoms. The number of carbonyl (C=O) groups is 2. The third-order valence-corrected chi connectivity index (χ3v) is 5.76. The molecule has 1 N–H and O–H groups in total. The van der Waals surface area contributed by atoms with Crippen molar-refractivity contribution in [1.29, 1.82) is 0 Å². The molecular weight excluding hydrogens is 408 g/mol. The van der Waals surface area contributed by atoms with Crippen molar-refractivity contribution >= 4 is 17.8 Å². The first kappa shape index (κ1) is 23.1. The van der Waals surface area contributed by atoms with Crippen LogP contribution in [0.15, 0.2) is 24.3 Å². The van der Waals surface area contributed by atoms with E-state index in [9.17, 15) is 18.4 Å². The van der Waals surface area contributed by atoms with Gasteiger partial charge in [0.05, 0.1) is 0 Å². The first-order valence-corrected chi connectivity index (χ1v) is 10.6. The van der Waals surface area contributed by atoms with Crippen LogP contribution in [0.4, 0.5) is 24.1 Å². The van der Waals surface area contributed by atoms with Crippen molar-refractivity contribution in [1.82, 2.24) is 9.80 Å². The van der Waals surface area contributed by atoms with Crippen LogP contribution in [-0.2, 0) is 4.74 Å². The monoisotopic (exact) mass is 439 g/mol. The Hall–Kier alpha value is -2.58. The lowest BCUT2D eigenvalue weighted by molar-refractivity contribution is -0.0498. The highest BCUT2D eigenvalue weighted by molar-refractivity contribution is 5.89. The van der Waals surface area contributed by atoms with Crippen LogP contribution in [0, 0.1) is 5.41 Å². The number of nitrogens with one attached hydrogen (secondary N) is 1. The Balaban J connectivity index is 1.53. The van der Waals surface area contributed by atoms with Crippen molar-refractivity contribution in [3.05, 3.63) is 24.3 Å². The van der Waals surface area contributed by atoms with Gasteiger partial charge in [0.25, 0.3) is 0 Å². The fraction of sp³-hybridized carbons (Fsp3) is 0.636. The topological polar surface area (TPSA) is 71.1 Å². The van der Waals surface area contributed by atoms with Crippen molar-refractivity contribution in [3.8, 4) is 5.75 Å². The van der Waals surface area contributed by atoms with E-state index in [-0.39, 0.29) is 23.3 Å². The van der Waals surface area contributed by atoms with Crippen molar-refractivity contribution in [2.45, 2.75) is 58.7 Å². The molecule has 0 unspecified atom stereocenters. The molecule has 2 saturated heterocycles. The number of anilines is 1. The number of likely N-dealkylation sites (tertiary alicyclic amines) is 2. The second-order valence-electron chi connectivity index (χ2n) is 9.33. The number of ether oxygens (including phenoxy) is 2. The van der Waals surface area contributed by atoms with Crippen LogP contribution in [0.5, 0.6) is 5.75 Å². The number of nitrogens with zero attached hydrogens (tertiary/aromatic N) is 2. The van der Waals surface area contributed by atoms with E-state index in [0.29, 0.717) is 31.9 Å². The Morgan fingerprint density at radius 2 is 1.68 bits per heavy atom. The lowest BCUT2D eigenvalue weighted by Gasteiger charge is -2.47. The summed E-state index contributed by atoms with van der Waals surface area (Å²) in [6.45, 7) is 5.22. The van der Waals surface area contributed by atoms with Gasteiger partial charge in [0, 0.05) is 31.9 Å². The number of alkyl halides is 2. The molecular formula is C22H31F2N3O4. The molecule has 0 aliphatic carbocycles. The average Bonchev–Trinajstić information content (AvgIpc) is 2.68. The van der Waals surface area contributed by atoms with Gasteiger partial charge in [0.2, 0.25) is 0 Å². The summed E-state index contributed by atoms with van der Waals surface area (Å²) in [6, 6.07) is 5.65. The molecule has 2 aliphatic heterocycles. The summed E-state index contributed by atoms with van der Waals surface area (Å²) < 4.78 is 34.3. The Morgan fingerprint density at radius 3 is 2.26 bits per heavy atom. The minimum absolute atomic E-state index is 0.00304. The van der Waals surface area contributed by atoms with Gasteiger partial charge in [-0.15, -0.1) is 0 Å². The molecule has 0 atom stereocenters. The minimum atomic E-state index is -2.88. The van der Waals surface area contributed by atoms with Crippen molar-refractivity contribution in [2.75, 3.05) is 31.5 Å². The molecule has 31 heavy (non-hydrogen) atoms. The molecule has 3 amide bonds. The van der Waals surface area contributed by atoms with Crippen LogP contribution >= 0.6 is 0 Å². The first-order valence-electron chi connectivity index (χ1n) is 10.6. The Bertz CT molecular complexity index is 772. The van der Waals surface area contributed by atoms with Crippen LogP contribution in [0.1, 0.15) is 46.5 Å². The highest BCUT2D eigenvalue weighted by atomic mass is 19.3. The maximum Gasteiger partial charge on any atom is 0.410 e. The van der Waals surface area contributed by atoms with Crippen LogP contribution in [0.25, 0.3) is 0 Å². The zero-order chi connectivity index (χ0) is 22.6. The van der Waals surface area contributed by atoms with Gasteiger partial charge in [-0.2, -0.15) is 8.78 Å². The molecule has 7 nitrogen and oxygen atoms in total. The molecule has 0 bridgehead atoms. The number of benzene rings is 1. The summed E-state index contributed by atoms with van der Waals surface area (Å²) in [5, 5.41) is 2.83. The predicted molar refractivity (Wildman–Crippen MR) is 112 cm³/mol. The van der Waals surface area contributed by atoms with Gasteiger partial charge in [-0.05, 0) is 76.1 Å². The first-order chi connectivity index (χ1) is 14.6. The largest absolute Gasteiger partial charge is 0.444 e. The van der Waals surface area contributed by atoms with Gasteiger partial charge < -0.3 is 24.6 Å². The average molecular weight is 440 g/mol. The number of halogens is 2. The minimum Gasteiger partial charge on any atom is -0.444 e. The van der Waals surface area contributed by atoms with E-state index in [1.54, 1.807) is 9.80 Å². The maximum atomic E-state index is 12.8. The number of hydrogen-bond donors (Lipinski definition) is 1. The lowest BCUT2D eigenvalue weighted by Crippen LogP contribution is -2.53. The summed E-state index contributed by atoms with van der Waals surface area (Å²) in [6.07, 6.45) is 3.30. The molecule has 2 heterocycles. The summed E-state index contributed by atoms with van der Waals surface area (Å²) in [7, 11) is 0. The quantitative estimate of drug-likeness (QED) is 0.725. The normalized spacial score (nSPS) is 18.8. The van der Waals surface area contributed by atoms with E-state index < -0.39 is 12.2 Å². The van der Waals surface area contributed by atoms with Gasteiger partial charge in [-0.3, -0.25) is 0 Å². The Kier molecular flexibility index (Phi) is 6.91. The van der Waals surface area contributed by atoms with Gasteiger partial charge >= 0.3 is 18.7 Å². The summed E-state index contributed by atoms with van der Waals surface area (Å²) >= 11 is 0. The number of amides is 3. The third kappa shape index (κ3) is 6.45. The van der Waals surface area contributed by atoms with Crippen LogP contribution in [0.2, 0.25) is 0 Å². The van der Waals surface area contributed by atoms with Gasteiger partial charge in [0.1, 0.15) is 11.4 Å². The van der Waals surface area contributed by atoms with E-state index in [2.05, 4.69) is 10.1 Å². The van der Waals surface area contributed by atoms with Gasteiger partial charge in [-0.1, -0.05) is 0 Å². The van der Waals surface area contributed by atoms with Crippen molar-refractivity contribution in [3.63, 3.8) is 0 Å². The maximum absolute atomic E-state index is 12.8. The van der Waals surface area contributed by atoms with Crippen LogP contribution < -0.4 is 10.1 Å². The summed E-state index contributed by atoms with van der Waals surface area (Å²) in [4.78, 5) is 28.6. The fourth-order valence-corrected chi connectivity index (χ4v) is 4.20. The number of piperidine rings is 2. The van der Waals surface area contributed by atoms with Crippen LogP contribution in [-0.4, -0.2) is 60.3 Å². The SMILES string of the molecule is CC(C)(C)OC(=O)N1CCC2(CCCN(C(=O)Nc3ccc(OC(F)F)cc3)C2)CC1. The smallest absolute Gasteiger partial charge is 0.410 e. The van der Waals surface area contributed by atoms with E-state index in [4.69, 9.17) is 4.74 Å². The molecule has 0 saturated carbocycles. The number of carbonyl (C=O) groups excluding carboxylic acids is 2. The molecule has 1 spiro atoms. The Labute approximate surface area is 181 Å². The Morgan fingerprint density at radius 1 is 1.03 bits per heavy atom. The molecule has 0 aromatic heterocycles. The molecule has 0 radical (unpaired) electrons. The third-order valence-electron chi connectivity index (χ3n) is 5.76. The highest BCUT2D eigenvalue weighted by Crippen LogP contribution is 2.40.